The molecule has 1 aromatic heterocycles. The van der Waals surface area contributed by atoms with Crippen molar-refractivity contribution in [1.29, 1.82) is 0 Å². The van der Waals surface area contributed by atoms with Crippen LogP contribution in [0.3, 0.4) is 0 Å². The second-order valence-corrected chi connectivity index (χ2v) is 5.44. The molecule has 2 aromatic rings. The van der Waals surface area contributed by atoms with Gasteiger partial charge in [0.1, 0.15) is 0 Å². The molecule has 2 rings (SSSR count). The average molecular weight is 303 g/mol. The Hall–Kier alpha value is -2.37. The molecule has 1 atom stereocenters. The van der Waals surface area contributed by atoms with Gasteiger partial charge in [-0.3, -0.25) is 14.4 Å². The number of nitrogens with one attached hydrogen (secondary N) is 1. The van der Waals surface area contributed by atoms with Gasteiger partial charge in [-0.05, 0) is 25.5 Å². The molecule has 6 nitrogen and oxygen atoms in total. The van der Waals surface area contributed by atoms with E-state index in [1.165, 1.54) is 9.13 Å². The Balaban J connectivity index is 2.34. The molecule has 1 aromatic carbocycles. The van der Waals surface area contributed by atoms with E-state index in [-0.39, 0.29) is 24.9 Å². The topological polar surface area (TPSA) is 73.1 Å². The van der Waals surface area contributed by atoms with Crippen LogP contribution in [-0.2, 0) is 18.4 Å². The molecule has 0 aliphatic rings. The summed E-state index contributed by atoms with van der Waals surface area (Å²) < 4.78 is 2.72. The van der Waals surface area contributed by atoms with E-state index in [4.69, 9.17) is 0 Å². The van der Waals surface area contributed by atoms with Crippen LogP contribution in [0.4, 0.5) is 0 Å². The third-order valence-corrected chi connectivity index (χ3v) is 3.85. The van der Waals surface area contributed by atoms with Gasteiger partial charge in [0.2, 0.25) is 5.91 Å². The highest BCUT2D eigenvalue weighted by Crippen LogP contribution is 2.09. The molecule has 1 heterocycles. The lowest BCUT2D eigenvalue weighted by atomic mass is 10.2. The van der Waals surface area contributed by atoms with Gasteiger partial charge in [-0.1, -0.05) is 19.1 Å². The predicted molar refractivity (Wildman–Crippen MR) is 86.0 cm³/mol. The molecule has 0 saturated carbocycles. The summed E-state index contributed by atoms with van der Waals surface area (Å²) in [5.41, 5.74) is 0.152. The number of fused-ring (bicyclic) bond motifs is 1. The molecule has 0 aliphatic heterocycles. The second kappa shape index (κ2) is 6.60. The van der Waals surface area contributed by atoms with Gasteiger partial charge in [0.15, 0.2) is 0 Å². The van der Waals surface area contributed by atoms with E-state index in [0.29, 0.717) is 11.0 Å². The van der Waals surface area contributed by atoms with Crippen molar-refractivity contribution in [2.75, 3.05) is 0 Å². The van der Waals surface area contributed by atoms with Crippen molar-refractivity contribution in [3.63, 3.8) is 0 Å². The van der Waals surface area contributed by atoms with Crippen molar-refractivity contribution in [1.82, 2.24) is 14.5 Å². The number of aryl methyl sites for hydroxylation is 2. The van der Waals surface area contributed by atoms with Crippen LogP contribution in [0.5, 0.6) is 0 Å². The zero-order valence-electron chi connectivity index (χ0n) is 13.1. The van der Waals surface area contributed by atoms with E-state index in [0.717, 1.165) is 6.42 Å². The highest BCUT2D eigenvalue weighted by atomic mass is 16.2. The molecular weight excluding hydrogens is 282 g/mol. The molecule has 22 heavy (non-hydrogen) atoms. The average Bonchev–Trinajstić information content (AvgIpc) is 2.52. The largest absolute Gasteiger partial charge is 0.354 e. The zero-order valence-corrected chi connectivity index (χ0v) is 13.1. The number of carbonyl (C=O) groups excluding carboxylic acids is 1. The van der Waals surface area contributed by atoms with Crippen LogP contribution in [0, 0.1) is 0 Å². The molecule has 0 spiro atoms. The van der Waals surface area contributed by atoms with E-state index in [9.17, 15) is 14.4 Å². The van der Waals surface area contributed by atoms with E-state index >= 15 is 0 Å². The minimum absolute atomic E-state index is 0.101. The van der Waals surface area contributed by atoms with Crippen molar-refractivity contribution in [2.24, 2.45) is 7.05 Å². The van der Waals surface area contributed by atoms with Crippen LogP contribution in [0.25, 0.3) is 11.0 Å². The van der Waals surface area contributed by atoms with Crippen LogP contribution in [-0.4, -0.2) is 21.1 Å². The maximum absolute atomic E-state index is 12.2. The number of para-hydroxylation sites is 2. The third kappa shape index (κ3) is 3.10. The van der Waals surface area contributed by atoms with Crippen LogP contribution >= 0.6 is 0 Å². The molecule has 0 aliphatic carbocycles. The highest BCUT2D eigenvalue weighted by molar-refractivity contribution is 5.77. The minimum Gasteiger partial charge on any atom is -0.354 e. The van der Waals surface area contributed by atoms with Gasteiger partial charge in [0.25, 0.3) is 0 Å². The number of amides is 1. The lowest BCUT2D eigenvalue weighted by Crippen LogP contribution is -2.41. The second-order valence-electron chi connectivity index (χ2n) is 5.44. The summed E-state index contributed by atoms with van der Waals surface area (Å²) in [6.07, 6.45) is 1.02. The summed E-state index contributed by atoms with van der Waals surface area (Å²) in [5, 5.41) is 2.86. The number of nitrogens with zero attached hydrogens (tertiary/aromatic N) is 2. The molecule has 0 radical (unpaired) electrons. The summed E-state index contributed by atoms with van der Waals surface area (Å²) in [5.74, 6) is -0.119. The van der Waals surface area contributed by atoms with Gasteiger partial charge in [0, 0.05) is 26.1 Å². The van der Waals surface area contributed by atoms with E-state index in [1.54, 1.807) is 19.2 Å². The maximum Gasteiger partial charge on any atom is 0.316 e. The first-order valence-corrected chi connectivity index (χ1v) is 7.43. The van der Waals surface area contributed by atoms with Gasteiger partial charge < -0.3 is 14.5 Å². The van der Waals surface area contributed by atoms with Crippen molar-refractivity contribution in [2.45, 2.75) is 39.3 Å². The SMILES string of the molecule is CCC(C)NC(=O)CCn1c(=O)c(=O)n(C)c2ccccc21. The first-order valence-electron chi connectivity index (χ1n) is 7.43. The summed E-state index contributed by atoms with van der Waals surface area (Å²) in [4.78, 5) is 36.1. The van der Waals surface area contributed by atoms with Gasteiger partial charge >= 0.3 is 11.1 Å². The van der Waals surface area contributed by atoms with Crippen molar-refractivity contribution < 1.29 is 4.79 Å². The fourth-order valence-electron chi connectivity index (χ4n) is 2.34. The lowest BCUT2D eigenvalue weighted by molar-refractivity contribution is -0.121. The summed E-state index contributed by atoms with van der Waals surface area (Å²) in [6.45, 7) is 4.11. The van der Waals surface area contributed by atoms with Crippen molar-refractivity contribution in [3.05, 3.63) is 45.0 Å². The molecule has 1 amide bonds. The monoisotopic (exact) mass is 303 g/mol. The van der Waals surface area contributed by atoms with Crippen LogP contribution in [0.15, 0.2) is 33.9 Å². The highest BCUT2D eigenvalue weighted by Gasteiger charge is 2.12. The first-order chi connectivity index (χ1) is 10.5. The Morgan fingerprint density at radius 1 is 1.18 bits per heavy atom. The Labute approximate surface area is 128 Å². The number of hydrogen-bond donors (Lipinski definition) is 1. The van der Waals surface area contributed by atoms with Crippen molar-refractivity contribution >= 4 is 16.9 Å². The number of aromatic nitrogens is 2. The fourth-order valence-corrected chi connectivity index (χ4v) is 2.34. The molecule has 0 saturated heterocycles. The van der Waals surface area contributed by atoms with E-state index in [2.05, 4.69) is 5.32 Å². The maximum atomic E-state index is 12.2. The fraction of sp³-hybridized carbons (Fsp3) is 0.438. The van der Waals surface area contributed by atoms with Gasteiger partial charge in [0.05, 0.1) is 11.0 Å². The molecule has 1 unspecified atom stereocenters. The van der Waals surface area contributed by atoms with Gasteiger partial charge in [-0.25, -0.2) is 0 Å². The number of rotatable bonds is 5. The molecular formula is C16H21N3O3. The summed E-state index contributed by atoms with van der Waals surface area (Å²) in [6, 6.07) is 7.28. The Bertz CT molecular complexity index is 804. The Morgan fingerprint density at radius 2 is 1.82 bits per heavy atom. The predicted octanol–water partition coefficient (Wildman–Crippen LogP) is 1.00. The Kier molecular flexibility index (Phi) is 4.80. The molecule has 118 valence electrons. The van der Waals surface area contributed by atoms with Gasteiger partial charge in [-0.15, -0.1) is 0 Å². The van der Waals surface area contributed by atoms with Crippen LogP contribution < -0.4 is 16.4 Å². The number of hydrogen-bond acceptors (Lipinski definition) is 3. The Morgan fingerprint density at radius 3 is 2.45 bits per heavy atom. The third-order valence-electron chi connectivity index (χ3n) is 3.85. The summed E-state index contributed by atoms with van der Waals surface area (Å²) in [7, 11) is 1.58. The molecule has 0 bridgehead atoms. The van der Waals surface area contributed by atoms with Crippen LogP contribution in [0.2, 0.25) is 0 Å². The lowest BCUT2D eigenvalue weighted by Gasteiger charge is -2.14. The molecule has 1 N–H and O–H groups in total. The minimum atomic E-state index is -0.600. The van der Waals surface area contributed by atoms with E-state index < -0.39 is 11.1 Å². The first kappa shape index (κ1) is 16.0. The van der Waals surface area contributed by atoms with E-state index in [1.807, 2.05) is 26.0 Å². The molecule has 0 fully saturated rings. The van der Waals surface area contributed by atoms with Gasteiger partial charge in [-0.2, -0.15) is 0 Å². The standard InChI is InChI=1S/C16H21N3O3/c1-4-11(2)17-14(20)9-10-19-13-8-6-5-7-12(13)18(3)15(21)16(19)22/h5-8,11H,4,9-10H2,1-3H3,(H,17,20). The van der Waals surface area contributed by atoms with Crippen LogP contribution in [0.1, 0.15) is 26.7 Å². The summed E-state index contributed by atoms with van der Waals surface area (Å²) >= 11 is 0. The number of benzene rings is 1. The van der Waals surface area contributed by atoms with Crippen molar-refractivity contribution in [3.8, 4) is 0 Å². The number of carbonyl (C=O) groups is 1. The zero-order chi connectivity index (χ0) is 16.3. The smallest absolute Gasteiger partial charge is 0.316 e. The quantitative estimate of drug-likeness (QED) is 0.838. The normalized spacial score (nSPS) is 12.3. The molecule has 6 heteroatoms.